The molecule has 0 bridgehead atoms. The zero-order valence-electron chi connectivity index (χ0n) is 11.8. The molecule has 3 aromatic rings. The van der Waals surface area contributed by atoms with Gasteiger partial charge in [-0.3, -0.25) is 6.08 Å². The van der Waals surface area contributed by atoms with Crippen LogP contribution >= 0.6 is 0 Å². The zero-order chi connectivity index (χ0) is 12.9. The summed E-state index contributed by atoms with van der Waals surface area (Å²) < 4.78 is 2.01. The van der Waals surface area contributed by atoms with Crippen LogP contribution in [0.15, 0.2) is 73.3 Å². The second kappa shape index (κ2) is 10.7. The molecule has 2 aromatic carbocycles. The molecule has 1 aromatic heterocycles. The van der Waals surface area contributed by atoms with Crippen molar-refractivity contribution >= 4 is 10.8 Å². The summed E-state index contributed by atoms with van der Waals surface area (Å²) in [5, 5.41) is 2.55. The van der Waals surface area contributed by atoms with E-state index in [1.165, 1.54) is 16.5 Å². The maximum Gasteiger partial charge on any atom is 4.00 e. The molecule has 0 fully saturated rings. The van der Waals surface area contributed by atoms with E-state index in [-0.39, 0.29) is 50.7 Å². The van der Waals surface area contributed by atoms with Gasteiger partial charge in [0.15, 0.2) is 0 Å². The Labute approximate surface area is 161 Å². The summed E-state index contributed by atoms with van der Waals surface area (Å²) in [6.07, 6.45) is 15.6. The topological polar surface area (TPSA) is 17.8 Å². The SMILES string of the molecule is [C-]1=CC=CC1.[Cl-].[Cl-].[Hf+4].c1ccc2[cH-]c(-n3ccnc3)cc2c1. The minimum atomic E-state index is 0. The predicted molar refractivity (Wildman–Crippen MR) is 78.2 cm³/mol. The second-order valence-corrected chi connectivity index (χ2v) is 4.32. The predicted octanol–water partition coefficient (Wildman–Crippen LogP) is -1.94. The van der Waals surface area contributed by atoms with Crippen LogP contribution < -0.4 is 24.8 Å². The molecule has 110 valence electrons. The van der Waals surface area contributed by atoms with Gasteiger partial charge in [0.1, 0.15) is 0 Å². The summed E-state index contributed by atoms with van der Waals surface area (Å²) in [5.41, 5.74) is 1.17. The van der Waals surface area contributed by atoms with Gasteiger partial charge in [0.2, 0.25) is 0 Å². The summed E-state index contributed by atoms with van der Waals surface area (Å²) in [6, 6.07) is 12.7. The number of halogens is 2. The van der Waals surface area contributed by atoms with Crippen LogP contribution in [0.1, 0.15) is 6.42 Å². The summed E-state index contributed by atoms with van der Waals surface area (Å²) in [5.74, 6) is 0. The molecular formula is C17H14Cl2HfN2. The van der Waals surface area contributed by atoms with E-state index in [4.69, 9.17) is 0 Å². The Bertz CT molecular complexity index is 672. The number of aromatic nitrogens is 2. The van der Waals surface area contributed by atoms with Crippen LogP contribution in [0.5, 0.6) is 0 Å². The summed E-state index contributed by atoms with van der Waals surface area (Å²) in [4.78, 5) is 4.03. The molecule has 0 saturated carbocycles. The van der Waals surface area contributed by atoms with E-state index in [0.29, 0.717) is 0 Å². The third kappa shape index (κ3) is 5.31. The van der Waals surface area contributed by atoms with Crippen LogP contribution in [0, 0.1) is 6.08 Å². The Hall–Kier alpha value is -1.03. The number of allylic oxidation sites excluding steroid dienone is 4. The van der Waals surface area contributed by atoms with Crippen molar-refractivity contribution in [3.05, 3.63) is 79.4 Å². The van der Waals surface area contributed by atoms with Gasteiger partial charge >= 0.3 is 25.8 Å². The minimum Gasteiger partial charge on any atom is -1.00 e. The van der Waals surface area contributed by atoms with E-state index in [2.05, 4.69) is 53.5 Å². The van der Waals surface area contributed by atoms with Crippen LogP contribution in [0.25, 0.3) is 16.5 Å². The van der Waals surface area contributed by atoms with Gasteiger partial charge in [-0.15, -0.1) is 47.5 Å². The number of hydrogen-bond acceptors (Lipinski definition) is 1. The van der Waals surface area contributed by atoms with Gasteiger partial charge in [-0.1, -0.05) is 6.07 Å². The van der Waals surface area contributed by atoms with E-state index < -0.39 is 0 Å². The number of nitrogens with zero attached hydrogens (tertiary/aromatic N) is 2. The third-order valence-corrected chi connectivity index (χ3v) is 2.99. The molecule has 1 aliphatic carbocycles. The van der Waals surface area contributed by atoms with Gasteiger partial charge < -0.3 is 29.4 Å². The number of imidazole rings is 1. The standard InChI is InChI=1S/C12H9N2.C5H5.2ClH.Hf/c1-2-4-11-8-12(7-10(11)3-1)14-6-5-13-9-14;1-2-4-5-3-1;;;/h1-9H;1-3H,4H2;2*1H;/q2*-1;;;+4/p-2. The van der Waals surface area contributed by atoms with Gasteiger partial charge in [0, 0.05) is 12.4 Å². The van der Waals surface area contributed by atoms with Crippen molar-refractivity contribution in [1.82, 2.24) is 9.55 Å². The largest absolute Gasteiger partial charge is 4.00 e. The first-order chi connectivity index (χ1) is 9.43. The van der Waals surface area contributed by atoms with Gasteiger partial charge in [-0.25, -0.2) is 17.1 Å². The Balaban J connectivity index is 0.000000482. The first kappa shape index (κ1) is 21.0. The molecular weight excluding hydrogens is 482 g/mol. The molecule has 1 aliphatic rings. The molecule has 0 radical (unpaired) electrons. The average Bonchev–Trinajstić information content (AvgIpc) is 3.20. The molecule has 1 heterocycles. The molecule has 0 unspecified atom stereocenters. The number of benzene rings is 1. The molecule has 5 heteroatoms. The van der Waals surface area contributed by atoms with Crippen molar-refractivity contribution in [2.24, 2.45) is 0 Å². The maximum absolute atomic E-state index is 4.03. The first-order valence-electron chi connectivity index (χ1n) is 6.29. The molecule has 0 aliphatic heterocycles. The summed E-state index contributed by atoms with van der Waals surface area (Å²) >= 11 is 0. The average molecular weight is 496 g/mol. The number of rotatable bonds is 1. The van der Waals surface area contributed by atoms with Crippen LogP contribution in [-0.2, 0) is 25.8 Å². The molecule has 0 atom stereocenters. The summed E-state index contributed by atoms with van der Waals surface area (Å²) in [6.45, 7) is 0. The van der Waals surface area contributed by atoms with Crippen molar-refractivity contribution in [3.8, 4) is 5.69 Å². The van der Waals surface area contributed by atoms with Gasteiger partial charge in [0.25, 0.3) is 0 Å². The monoisotopic (exact) mass is 496 g/mol. The van der Waals surface area contributed by atoms with Crippen molar-refractivity contribution in [3.63, 3.8) is 0 Å². The summed E-state index contributed by atoms with van der Waals surface area (Å²) in [7, 11) is 0. The Morgan fingerprint density at radius 1 is 1.18 bits per heavy atom. The van der Waals surface area contributed by atoms with E-state index in [9.17, 15) is 0 Å². The maximum atomic E-state index is 4.03. The van der Waals surface area contributed by atoms with Gasteiger partial charge in [0.05, 0.1) is 6.33 Å². The van der Waals surface area contributed by atoms with E-state index in [0.717, 1.165) is 6.42 Å². The van der Waals surface area contributed by atoms with Crippen LogP contribution in [-0.4, -0.2) is 9.55 Å². The molecule has 0 saturated heterocycles. The molecule has 4 rings (SSSR count). The normalized spacial score (nSPS) is 10.9. The minimum absolute atomic E-state index is 0. The number of fused-ring (bicyclic) bond motifs is 1. The van der Waals surface area contributed by atoms with Gasteiger partial charge in [-0.05, 0) is 5.69 Å². The molecule has 22 heavy (non-hydrogen) atoms. The number of hydrogen-bond donors (Lipinski definition) is 0. The van der Waals surface area contributed by atoms with Gasteiger partial charge in [-0.2, -0.15) is 6.08 Å². The quantitative estimate of drug-likeness (QED) is 0.284. The Kier molecular flexibility index (Phi) is 10.2. The smallest absolute Gasteiger partial charge is 1.00 e. The second-order valence-electron chi connectivity index (χ2n) is 4.32. The fourth-order valence-electron chi connectivity index (χ4n) is 2.04. The van der Waals surface area contributed by atoms with E-state index >= 15 is 0 Å². The zero-order valence-corrected chi connectivity index (χ0v) is 16.9. The van der Waals surface area contributed by atoms with Crippen molar-refractivity contribution in [1.29, 1.82) is 0 Å². The Morgan fingerprint density at radius 2 is 2.00 bits per heavy atom. The third-order valence-electron chi connectivity index (χ3n) is 2.99. The van der Waals surface area contributed by atoms with Crippen LogP contribution in [0.3, 0.4) is 0 Å². The van der Waals surface area contributed by atoms with E-state index in [1.807, 2.05) is 29.2 Å². The van der Waals surface area contributed by atoms with Crippen molar-refractivity contribution in [2.75, 3.05) is 0 Å². The van der Waals surface area contributed by atoms with E-state index in [1.54, 1.807) is 6.20 Å². The van der Waals surface area contributed by atoms with Crippen molar-refractivity contribution in [2.45, 2.75) is 6.42 Å². The van der Waals surface area contributed by atoms with Crippen molar-refractivity contribution < 1.29 is 50.7 Å². The molecule has 0 spiro atoms. The van der Waals surface area contributed by atoms with Crippen LogP contribution in [0.2, 0.25) is 0 Å². The Morgan fingerprint density at radius 3 is 2.55 bits per heavy atom. The fraction of sp³-hybridized carbons (Fsp3) is 0.0588. The van der Waals surface area contributed by atoms with Crippen LogP contribution in [0.4, 0.5) is 0 Å². The molecule has 0 N–H and O–H groups in total. The fourth-order valence-corrected chi connectivity index (χ4v) is 2.04. The first-order valence-corrected chi connectivity index (χ1v) is 6.29. The molecule has 2 nitrogen and oxygen atoms in total. The molecule has 0 amide bonds.